The monoisotopic (exact) mass is 656 g/mol. The first-order chi connectivity index (χ1) is 21.8. The van der Waals surface area contributed by atoms with Crippen LogP contribution in [0.4, 0.5) is 0 Å². The summed E-state index contributed by atoms with van der Waals surface area (Å²) in [6.07, 6.45) is 32.1. The molecule has 268 valence electrons. The third kappa shape index (κ3) is 25.2. The highest BCUT2D eigenvalue weighted by molar-refractivity contribution is 7.45. The van der Waals surface area contributed by atoms with Gasteiger partial charge in [-0.25, -0.2) is 0 Å². The van der Waals surface area contributed by atoms with Crippen LogP contribution in [-0.4, -0.2) is 72.5 Å². The SMILES string of the molecule is CCCCCCCCCCCCCCCC(C)N(CC(CO)[P+](=O)CCN(C)C)C(=O)C(CCC)CCCCCCCCCC. The molecule has 0 aliphatic heterocycles. The van der Waals surface area contributed by atoms with Gasteiger partial charge in [0.2, 0.25) is 5.91 Å². The molecule has 0 saturated carbocycles. The molecular formula is C39H80N2O3P+. The summed E-state index contributed by atoms with van der Waals surface area (Å²) in [5, 5.41) is 10.3. The highest BCUT2D eigenvalue weighted by atomic mass is 31.1. The summed E-state index contributed by atoms with van der Waals surface area (Å²) in [6, 6.07) is 0.120. The third-order valence-corrected chi connectivity index (χ3v) is 11.5. The Morgan fingerprint density at radius 1 is 0.622 bits per heavy atom. The molecule has 0 aromatic heterocycles. The van der Waals surface area contributed by atoms with Gasteiger partial charge >= 0.3 is 7.80 Å². The summed E-state index contributed by atoms with van der Waals surface area (Å²) in [4.78, 5) is 18.2. The van der Waals surface area contributed by atoms with Crippen molar-refractivity contribution in [3.8, 4) is 0 Å². The van der Waals surface area contributed by atoms with Gasteiger partial charge < -0.3 is 14.9 Å². The van der Waals surface area contributed by atoms with Crippen molar-refractivity contribution < 1.29 is 14.5 Å². The van der Waals surface area contributed by atoms with E-state index >= 15 is 0 Å². The Labute approximate surface area is 283 Å². The Morgan fingerprint density at radius 2 is 1.04 bits per heavy atom. The molecule has 1 amide bonds. The van der Waals surface area contributed by atoms with E-state index in [9.17, 15) is 14.5 Å². The van der Waals surface area contributed by atoms with Crippen LogP contribution in [0.1, 0.15) is 188 Å². The second-order valence-electron chi connectivity index (χ2n) is 14.4. The quantitative estimate of drug-likeness (QED) is 0.0553. The number of carbonyl (C=O) groups is 1. The van der Waals surface area contributed by atoms with Gasteiger partial charge in [0.25, 0.3) is 0 Å². The molecule has 4 unspecified atom stereocenters. The fourth-order valence-corrected chi connectivity index (χ4v) is 8.05. The van der Waals surface area contributed by atoms with Crippen LogP contribution in [0.3, 0.4) is 0 Å². The van der Waals surface area contributed by atoms with E-state index in [2.05, 4.69) is 32.6 Å². The molecule has 0 aliphatic carbocycles. The molecule has 4 atom stereocenters. The number of hydrogen-bond acceptors (Lipinski definition) is 4. The summed E-state index contributed by atoms with van der Waals surface area (Å²) in [5.74, 6) is 0.291. The maximum atomic E-state index is 14.1. The Hall–Kier alpha value is -0.510. The predicted octanol–water partition coefficient (Wildman–Crippen LogP) is 11.4. The zero-order chi connectivity index (χ0) is 33.5. The number of nitrogens with zero attached hydrogens (tertiary/aromatic N) is 2. The van der Waals surface area contributed by atoms with E-state index in [1.54, 1.807) is 0 Å². The number of amides is 1. The molecule has 0 saturated heterocycles. The molecule has 0 heterocycles. The van der Waals surface area contributed by atoms with E-state index in [0.29, 0.717) is 12.7 Å². The van der Waals surface area contributed by atoms with Crippen LogP contribution in [-0.2, 0) is 9.36 Å². The Bertz CT molecular complexity index is 675. The lowest BCUT2D eigenvalue weighted by molar-refractivity contribution is -0.138. The lowest BCUT2D eigenvalue weighted by atomic mass is 9.93. The average molecular weight is 656 g/mol. The lowest BCUT2D eigenvalue weighted by Gasteiger charge is -2.33. The van der Waals surface area contributed by atoms with Crippen molar-refractivity contribution in [2.24, 2.45) is 5.92 Å². The average Bonchev–Trinajstić information content (AvgIpc) is 3.03. The number of hydrogen-bond donors (Lipinski definition) is 1. The zero-order valence-corrected chi connectivity index (χ0v) is 32.2. The highest BCUT2D eigenvalue weighted by Crippen LogP contribution is 2.31. The molecule has 0 spiro atoms. The highest BCUT2D eigenvalue weighted by Gasteiger charge is 2.36. The topological polar surface area (TPSA) is 60.9 Å². The fraction of sp³-hybridized carbons (Fsp3) is 0.974. The minimum Gasteiger partial charge on any atom is -0.392 e. The van der Waals surface area contributed by atoms with Crippen LogP contribution in [0.15, 0.2) is 0 Å². The molecule has 0 aromatic rings. The Balaban J connectivity index is 4.94. The first-order valence-electron chi connectivity index (χ1n) is 19.8. The summed E-state index contributed by atoms with van der Waals surface area (Å²) in [7, 11) is 2.41. The van der Waals surface area contributed by atoms with Crippen LogP contribution in [0.2, 0.25) is 0 Å². The first kappa shape index (κ1) is 44.5. The van der Waals surface area contributed by atoms with E-state index in [-0.39, 0.29) is 30.1 Å². The third-order valence-electron chi connectivity index (χ3n) is 9.73. The number of unbranched alkanes of at least 4 members (excludes halogenated alkanes) is 19. The van der Waals surface area contributed by atoms with E-state index in [1.165, 1.54) is 122 Å². The van der Waals surface area contributed by atoms with E-state index in [0.717, 1.165) is 45.1 Å². The van der Waals surface area contributed by atoms with Gasteiger partial charge in [-0.1, -0.05) is 167 Å². The van der Waals surface area contributed by atoms with Crippen LogP contribution in [0, 0.1) is 5.92 Å². The van der Waals surface area contributed by atoms with Gasteiger partial charge in [-0.2, -0.15) is 0 Å². The Morgan fingerprint density at radius 3 is 1.44 bits per heavy atom. The normalized spacial score (nSPS) is 14.1. The summed E-state index contributed by atoms with van der Waals surface area (Å²) in [5.41, 5.74) is -0.344. The molecule has 6 heteroatoms. The Kier molecular flexibility index (Phi) is 31.7. The van der Waals surface area contributed by atoms with Gasteiger partial charge in [0.15, 0.2) is 11.8 Å². The van der Waals surface area contributed by atoms with Gasteiger partial charge in [0, 0.05) is 18.5 Å². The van der Waals surface area contributed by atoms with Crippen molar-refractivity contribution in [1.29, 1.82) is 0 Å². The summed E-state index contributed by atoms with van der Waals surface area (Å²) in [6.45, 7) is 9.97. The van der Waals surface area contributed by atoms with E-state index in [4.69, 9.17) is 0 Å². The molecule has 0 radical (unpaired) electrons. The van der Waals surface area contributed by atoms with Crippen LogP contribution < -0.4 is 0 Å². The number of aliphatic hydroxyl groups is 1. The molecule has 5 nitrogen and oxygen atoms in total. The maximum absolute atomic E-state index is 14.1. The van der Waals surface area contributed by atoms with Crippen LogP contribution in [0.5, 0.6) is 0 Å². The van der Waals surface area contributed by atoms with Gasteiger partial charge in [-0.05, 0) is 40.3 Å². The number of aliphatic hydroxyl groups excluding tert-OH is 1. The molecule has 0 aliphatic rings. The molecule has 0 bridgehead atoms. The predicted molar refractivity (Wildman–Crippen MR) is 199 cm³/mol. The van der Waals surface area contributed by atoms with E-state index in [1.807, 2.05) is 19.0 Å². The van der Waals surface area contributed by atoms with Crippen LogP contribution in [0.25, 0.3) is 0 Å². The number of carbonyl (C=O) groups excluding carboxylic acids is 1. The largest absolute Gasteiger partial charge is 0.392 e. The molecule has 1 N–H and O–H groups in total. The number of rotatable bonds is 34. The van der Waals surface area contributed by atoms with Gasteiger partial charge in [-0.3, -0.25) is 4.79 Å². The molecular weight excluding hydrogens is 575 g/mol. The van der Waals surface area contributed by atoms with Crippen molar-refractivity contribution in [3.63, 3.8) is 0 Å². The second kappa shape index (κ2) is 32.1. The van der Waals surface area contributed by atoms with Gasteiger partial charge in [0.05, 0.1) is 13.2 Å². The summed E-state index contributed by atoms with van der Waals surface area (Å²) >= 11 is 0. The minimum absolute atomic E-state index is 0.0446. The van der Waals surface area contributed by atoms with E-state index < -0.39 is 7.80 Å². The van der Waals surface area contributed by atoms with Crippen molar-refractivity contribution in [2.45, 2.75) is 200 Å². The lowest BCUT2D eigenvalue weighted by Crippen LogP contribution is -2.46. The van der Waals surface area contributed by atoms with Gasteiger partial charge in [0.1, 0.15) is 0 Å². The smallest absolute Gasteiger partial charge is 0.347 e. The zero-order valence-electron chi connectivity index (χ0n) is 31.3. The second-order valence-corrected chi connectivity index (χ2v) is 16.4. The van der Waals surface area contributed by atoms with Crippen molar-refractivity contribution in [1.82, 2.24) is 9.80 Å². The fourth-order valence-electron chi connectivity index (χ4n) is 6.55. The van der Waals surface area contributed by atoms with Crippen molar-refractivity contribution in [2.75, 3.05) is 40.0 Å². The summed E-state index contributed by atoms with van der Waals surface area (Å²) < 4.78 is 13.2. The maximum Gasteiger partial charge on any atom is 0.347 e. The minimum atomic E-state index is -1.58. The van der Waals surface area contributed by atoms with Gasteiger partial charge in [-0.15, -0.1) is 0 Å². The molecule has 0 aromatic carbocycles. The molecule has 0 fully saturated rings. The molecule has 45 heavy (non-hydrogen) atoms. The molecule has 0 rings (SSSR count). The first-order valence-corrected chi connectivity index (χ1v) is 21.3. The standard InChI is InChI=1S/C39H80N2O3P/c1-7-10-12-14-16-18-19-20-21-22-23-25-27-30-36(4)41(34-38(35-42)45(44)33-32-40(5)6)39(43)37(29-9-3)31-28-26-24-17-15-13-11-8-2/h36-38,42H,7-35H2,1-6H3/q+1. The van der Waals surface area contributed by atoms with Crippen molar-refractivity contribution in [3.05, 3.63) is 0 Å². The van der Waals surface area contributed by atoms with Crippen LogP contribution >= 0.6 is 7.80 Å². The van der Waals surface area contributed by atoms with Crippen molar-refractivity contribution >= 4 is 13.7 Å².